The van der Waals surface area contributed by atoms with Gasteiger partial charge in [-0.3, -0.25) is 14.5 Å². The lowest BCUT2D eigenvalue weighted by atomic mass is 9.92. The van der Waals surface area contributed by atoms with Crippen molar-refractivity contribution in [2.45, 2.75) is 49.7 Å². The van der Waals surface area contributed by atoms with E-state index in [1.807, 2.05) is 62.4 Å². The molecule has 1 saturated heterocycles. The van der Waals surface area contributed by atoms with Crippen LogP contribution in [0.25, 0.3) is 5.76 Å². The van der Waals surface area contributed by atoms with Gasteiger partial charge < -0.3 is 5.11 Å². The van der Waals surface area contributed by atoms with Crippen molar-refractivity contribution >= 4 is 68.9 Å². The van der Waals surface area contributed by atoms with Crippen LogP contribution in [-0.4, -0.2) is 27.0 Å². The number of aryl methyl sites for hydroxylation is 2. The van der Waals surface area contributed by atoms with Gasteiger partial charge in [-0.2, -0.15) is 0 Å². The van der Waals surface area contributed by atoms with Gasteiger partial charge in [0.2, 0.25) is 5.13 Å². The summed E-state index contributed by atoms with van der Waals surface area (Å²) in [6.07, 6.45) is 0. The zero-order chi connectivity index (χ0) is 29.4. The van der Waals surface area contributed by atoms with E-state index in [1.54, 1.807) is 12.1 Å². The molecule has 6 nitrogen and oxygen atoms in total. The van der Waals surface area contributed by atoms with Crippen LogP contribution in [0.2, 0.25) is 10.0 Å². The molecular weight excluding hydrogens is 597 g/mol. The normalized spacial score (nSPS) is 16.7. The van der Waals surface area contributed by atoms with Crippen LogP contribution in [0.1, 0.15) is 59.2 Å². The predicted octanol–water partition coefficient (Wildman–Crippen LogP) is 8.50. The van der Waals surface area contributed by atoms with Gasteiger partial charge in [0.15, 0.2) is 4.34 Å². The van der Waals surface area contributed by atoms with Crippen molar-refractivity contribution in [3.8, 4) is 0 Å². The Labute approximate surface area is 257 Å². The number of amides is 1. The first-order valence-corrected chi connectivity index (χ1v) is 15.5. The zero-order valence-electron chi connectivity index (χ0n) is 22.8. The number of carbonyl (C=O) groups excluding carboxylic acids is 2. The number of anilines is 1. The second kappa shape index (κ2) is 12.0. The molecule has 1 atom stereocenters. The molecule has 0 unspecified atom stereocenters. The zero-order valence-corrected chi connectivity index (χ0v) is 26.0. The number of Topliss-reactive ketones (excluding diaryl/α,β-unsaturated/α-hetero) is 1. The summed E-state index contributed by atoms with van der Waals surface area (Å²) in [5.74, 6) is -0.901. The van der Waals surface area contributed by atoms with E-state index in [2.05, 4.69) is 24.0 Å². The molecule has 1 amide bonds. The van der Waals surface area contributed by atoms with Gasteiger partial charge >= 0.3 is 5.91 Å². The molecule has 1 aliphatic heterocycles. The van der Waals surface area contributed by atoms with E-state index in [1.165, 1.54) is 28.0 Å². The number of benzene rings is 3. The number of carbonyl (C=O) groups is 2. The predicted molar refractivity (Wildman–Crippen MR) is 167 cm³/mol. The Hall–Kier alpha value is -3.17. The lowest BCUT2D eigenvalue weighted by Gasteiger charge is -2.23. The van der Waals surface area contributed by atoms with Gasteiger partial charge in [0.25, 0.3) is 5.78 Å². The number of thioether (sulfide) groups is 1. The summed E-state index contributed by atoms with van der Waals surface area (Å²) in [5.41, 5.74) is 4.96. The van der Waals surface area contributed by atoms with E-state index in [9.17, 15) is 14.7 Å². The van der Waals surface area contributed by atoms with Crippen LogP contribution in [-0.2, 0) is 15.3 Å². The molecule has 4 aromatic rings. The fourth-order valence-corrected chi connectivity index (χ4v) is 7.11. The summed E-state index contributed by atoms with van der Waals surface area (Å²) < 4.78 is 0.608. The Balaban J connectivity index is 1.56. The second-order valence-corrected chi connectivity index (χ2v) is 13.2. The summed E-state index contributed by atoms with van der Waals surface area (Å²) in [7, 11) is 0. The minimum atomic E-state index is -0.868. The average molecular weight is 625 g/mol. The highest BCUT2D eigenvalue weighted by atomic mass is 35.5. The molecule has 0 radical (unpaired) electrons. The van der Waals surface area contributed by atoms with Crippen molar-refractivity contribution in [2.75, 3.05) is 4.90 Å². The molecule has 1 fully saturated rings. The number of aliphatic hydroxyl groups is 1. The van der Waals surface area contributed by atoms with Crippen LogP contribution in [0, 0.1) is 13.8 Å². The van der Waals surface area contributed by atoms with Crippen molar-refractivity contribution in [2.24, 2.45) is 0 Å². The Kier molecular flexibility index (Phi) is 8.57. The molecule has 2 heterocycles. The minimum absolute atomic E-state index is 0.0262. The topological polar surface area (TPSA) is 83.4 Å². The molecule has 5 rings (SSSR count). The number of ketones is 1. The van der Waals surface area contributed by atoms with Crippen LogP contribution >= 0.6 is 46.3 Å². The van der Waals surface area contributed by atoms with Crippen LogP contribution in [0.5, 0.6) is 0 Å². The van der Waals surface area contributed by atoms with E-state index in [0.29, 0.717) is 37.2 Å². The summed E-state index contributed by atoms with van der Waals surface area (Å²) in [4.78, 5) is 28.5. The average Bonchev–Trinajstić information content (AvgIpc) is 3.51. The van der Waals surface area contributed by atoms with Crippen molar-refractivity contribution in [1.82, 2.24) is 10.2 Å². The Morgan fingerprint density at radius 1 is 1.02 bits per heavy atom. The number of halogens is 2. The van der Waals surface area contributed by atoms with Crippen LogP contribution in [0.3, 0.4) is 0 Å². The first kappa shape index (κ1) is 29.3. The van der Waals surface area contributed by atoms with E-state index < -0.39 is 17.7 Å². The molecular formula is C31H27Cl2N3O3S2. The van der Waals surface area contributed by atoms with Crippen LogP contribution < -0.4 is 4.90 Å². The first-order chi connectivity index (χ1) is 19.5. The number of nitrogens with zero attached hydrogens (tertiary/aromatic N) is 3. The highest BCUT2D eigenvalue weighted by Gasteiger charge is 2.48. The fourth-order valence-electron chi connectivity index (χ4n) is 4.68. The summed E-state index contributed by atoms with van der Waals surface area (Å²) in [6.45, 7) is 7.96. The smallest absolute Gasteiger partial charge is 0.301 e. The SMILES string of the molecule is Cc1ccc(C)c(C(O)=C2C(=O)C(=O)N(c3nnc(SCc4ccc(Cl)cc4Cl)s3)[C@@H]2c2ccc(C(C)C)cc2)c1. The van der Waals surface area contributed by atoms with Gasteiger partial charge in [-0.05, 0) is 60.2 Å². The maximum atomic E-state index is 13.6. The van der Waals surface area contributed by atoms with E-state index in [-0.39, 0.29) is 16.5 Å². The quantitative estimate of drug-likeness (QED) is 0.0730. The molecule has 0 aliphatic carbocycles. The highest BCUT2D eigenvalue weighted by molar-refractivity contribution is 8.00. The van der Waals surface area contributed by atoms with Gasteiger partial charge in [-0.15, -0.1) is 10.2 Å². The maximum Gasteiger partial charge on any atom is 0.301 e. The van der Waals surface area contributed by atoms with E-state index >= 15 is 0 Å². The van der Waals surface area contributed by atoms with E-state index in [4.69, 9.17) is 23.2 Å². The van der Waals surface area contributed by atoms with Gasteiger partial charge in [-0.25, -0.2) is 0 Å². The largest absolute Gasteiger partial charge is 0.507 e. The van der Waals surface area contributed by atoms with Crippen LogP contribution in [0.4, 0.5) is 5.13 Å². The Bertz CT molecular complexity index is 1680. The standard InChI is InChI=1S/C31H27Cl2N3O3S2/c1-16(2)19-7-9-20(10-8-19)26-25(27(37)23-13-17(3)5-6-18(23)4)28(38)29(39)36(26)30-34-35-31(41-30)40-15-21-11-12-22(32)14-24(21)33/h5-14,16,26,37H,15H2,1-4H3/t26-/m1/s1. The lowest BCUT2D eigenvalue weighted by Crippen LogP contribution is -2.29. The molecule has 0 bridgehead atoms. The second-order valence-electron chi connectivity index (χ2n) is 10.2. The number of aliphatic hydroxyl groups excluding tert-OH is 1. The third-order valence-electron chi connectivity index (χ3n) is 6.98. The third-order valence-corrected chi connectivity index (χ3v) is 9.67. The number of hydrogen-bond acceptors (Lipinski definition) is 7. The molecule has 210 valence electrons. The molecule has 1 N–H and O–H groups in total. The Morgan fingerprint density at radius 3 is 2.44 bits per heavy atom. The van der Waals surface area contributed by atoms with Gasteiger partial charge in [0.05, 0.1) is 11.6 Å². The molecule has 3 aromatic carbocycles. The third kappa shape index (κ3) is 5.93. The first-order valence-electron chi connectivity index (χ1n) is 12.9. The summed E-state index contributed by atoms with van der Waals surface area (Å²) >= 11 is 15.0. The molecule has 1 aromatic heterocycles. The Morgan fingerprint density at radius 2 is 1.76 bits per heavy atom. The molecule has 10 heteroatoms. The highest BCUT2D eigenvalue weighted by Crippen LogP contribution is 2.44. The number of aromatic nitrogens is 2. The number of rotatable bonds is 7. The van der Waals surface area contributed by atoms with Gasteiger partial charge in [0, 0.05) is 21.4 Å². The summed E-state index contributed by atoms with van der Waals surface area (Å²) in [6, 6.07) is 17.8. The molecule has 41 heavy (non-hydrogen) atoms. The number of hydrogen-bond donors (Lipinski definition) is 1. The molecule has 1 aliphatic rings. The lowest BCUT2D eigenvalue weighted by molar-refractivity contribution is -0.132. The van der Waals surface area contributed by atoms with E-state index in [0.717, 1.165) is 22.3 Å². The van der Waals surface area contributed by atoms with Gasteiger partial charge in [0.1, 0.15) is 5.76 Å². The van der Waals surface area contributed by atoms with Crippen molar-refractivity contribution in [3.05, 3.63) is 110 Å². The fraction of sp³-hybridized carbons (Fsp3) is 0.226. The van der Waals surface area contributed by atoms with Crippen molar-refractivity contribution in [1.29, 1.82) is 0 Å². The molecule has 0 saturated carbocycles. The van der Waals surface area contributed by atoms with Crippen LogP contribution in [0.15, 0.2) is 70.6 Å². The van der Waals surface area contributed by atoms with Crippen molar-refractivity contribution in [3.63, 3.8) is 0 Å². The summed E-state index contributed by atoms with van der Waals surface area (Å²) in [5, 5.41) is 21.5. The minimum Gasteiger partial charge on any atom is -0.507 e. The van der Waals surface area contributed by atoms with Crippen molar-refractivity contribution < 1.29 is 14.7 Å². The van der Waals surface area contributed by atoms with Gasteiger partial charge in [-0.1, -0.05) is 108 Å². The monoisotopic (exact) mass is 623 g/mol. The maximum absolute atomic E-state index is 13.6. The molecule has 0 spiro atoms.